The fourth-order valence-electron chi connectivity index (χ4n) is 4.78. The minimum Gasteiger partial charge on any atom is -0.478 e. The van der Waals surface area contributed by atoms with Crippen LogP contribution in [0.4, 0.5) is 24.5 Å². The molecule has 0 radical (unpaired) electrons. The first kappa shape index (κ1) is 27.5. The molecule has 0 saturated carbocycles. The monoisotopic (exact) mass is 557 g/mol. The van der Waals surface area contributed by atoms with E-state index in [1.807, 2.05) is 53.1 Å². The summed E-state index contributed by atoms with van der Waals surface area (Å²) >= 11 is 0. The Morgan fingerprint density at radius 2 is 1.56 bits per heavy atom. The second-order valence-corrected chi connectivity index (χ2v) is 9.64. The summed E-state index contributed by atoms with van der Waals surface area (Å²) in [6.07, 6.45) is -4.52. The number of nitrogens with zero attached hydrogens (tertiary/aromatic N) is 1. The lowest BCUT2D eigenvalue weighted by Crippen LogP contribution is -2.29. The van der Waals surface area contributed by atoms with E-state index in [-0.39, 0.29) is 16.9 Å². The number of carboxylic acids is 1. The number of hydrogen-bond acceptors (Lipinski definition) is 3. The lowest BCUT2D eigenvalue weighted by atomic mass is 10.1. The molecule has 0 saturated heterocycles. The Balaban J connectivity index is 1.59. The van der Waals surface area contributed by atoms with Crippen molar-refractivity contribution in [1.82, 2.24) is 9.88 Å². The van der Waals surface area contributed by atoms with E-state index in [9.17, 15) is 27.9 Å². The number of aromatic nitrogens is 1. The van der Waals surface area contributed by atoms with Crippen LogP contribution in [0.2, 0.25) is 0 Å². The quantitative estimate of drug-likeness (QED) is 0.183. The molecular weight excluding hydrogens is 531 g/mol. The molecule has 9 heteroatoms. The third-order valence-electron chi connectivity index (χ3n) is 6.83. The number of alkyl halides is 3. The topological polar surface area (TPSA) is 83.4 Å². The smallest absolute Gasteiger partial charge is 0.416 e. The van der Waals surface area contributed by atoms with Gasteiger partial charge in [0.15, 0.2) is 0 Å². The van der Waals surface area contributed by atoms with Gasteiger partial charge in [-0.3, -0.25) is 4.79 Å². The Labute approximate surface area is 234 Å². The van der Waals surface area contributed by atoms with Crippen molar-refractivity contribution < 1.29 is 27.9 Å². The van der Waals surface area contributed by atoms with Crippen LogP contribution >= 0.6 is 0 Å². The number of benzene rings is 4. The molecule has 0 spiro atoms. The second-order valence-electron chi connectivity index (χ2n) is 9.64. The van der Waals surface area contributed by atoms with Crippen molar-refractivity contribution in [2.24, 2.45) is 0 Å². The van der Waals surface area contributed by atoms with Gasteiger partial charge in [-0.2, -0.15) is 13.2 Å². The minimum absolute atomic E-state index is 0.128. The highest BCUT2D eigenvalue weighted by Gasteiger charge is 2.31. The molecule has 1 amide bonds. The van der Waals surface area contributed by atoms with E-state index >= 15 is 0 Å². The molecule has 0 bridgehead atoms. The molecule has 41 heavy (non-hydrogen) atoms. The van der Waals surface area contributed by atoms with Crippen LogP contribution in [0, 0.1) is 0 Å². The lowest BCUT2D eigenvalue weighted by molar-refractivity contribution is -0.137. The van der Waals surface area contributed by atoms with Gasteiger partial charge in [-0.15, -0.1) is 0 Å². The number of halogens is 3. The molecule has 5 aromatic rings. The van der Waals surface area contributed by atoms with Gasteiger partial charge in [0, 0.05) is 17.6 Å². The highest BCUT2D eigenvalue weighted by molar-refractivity contribution is 6.10. The first-order valence-corrected chi connectivity index (χ1v) is 12.9. The zero-order chi connectivity index (χ0) is 29.1. The van der Waals surface area contributed by atoms with E-state index in [1.54, 1.807) is 25.1 Å². The van der Waals surface area contributed by atoms with E-state index in [1.165, 1.54) is 24.3 Å². The van der Waals surface area contributed by atoms with Crippen molar-refractivity contribution in [2.45, 2.75) is 25.7 Å². The third kappa shape index (κ3) is 5.94. The highest BCUT2D eigenvalue weighted by Crippen LogP contribution is 2.36. The van der Waals surface area contributed by atoms with Crippen LogP contribution in [0.5, 0.6) is 0 Å². The van der Waals surface area contributed by atoms with Gasteiger partial charge in [-0.25, -0.2) is 4.79 Å². The molecule has 0 aliphatic heterocycles. The molecule has 1 atom stereocenters. The van der Waals surface area contributed by atoms with Crippen molar-refractivity contribution >= 4 is 34.2 Å². The summed E-state index contributed by atoms with van der Waals surface area (Å²) in [6.45, 7) is 2.12. The summed E-state index contributed by atoms with van der Waals surface area (Å²) in [7, 11) is 0. The number of aromatic carboxylic acids is 1. The molecule has 208 valence electrons. The molecule has 1 heterocycles. The van der Waals surface area contributed by atoms with E-state index in [4.69, 9.17) is 0 Å². The zero-order valence-corrected chi connectivity index (χ0v) is 21.9. The number of carbonyl (C=O) groups excluding carboxylic acids is 1. The Morgan fingerprint density at radius 1 is 0.878 bits per heavy atom. The number of amides is 1. The van der Waals surface area contributed by atoms with Crippen LogP contribution in [0.3, 0.4) is 0 Å². The second kappa shape index (κ2) is 11.2. The summed E-state index contributed by atoms with van der Waals surface area (Å²) in [5.74, 6) is -1.50. The summed E-state index contributed by atoms with van der Waals surface area (Å²) < 4.78 is 42.2. The van der Waals surface area contributed by atoms with Crippen molar-refractivity contribution in [3.05, 3.63) is 131 Å². The average Bonchev–Trinajstić information content (AvgIpc) is 3.26. The predicted molar refractivity (Wildman–Crippen MR) is 151 cm³/mol. The van der Waals surface area contributed by atoms with Crippen LogP contribution in [0.1, 0.15) is 50.5 Å². The lowest BCUT2D eigenvalue weighted by Gasteiger charge is -2.18. The van der Waals surface area contributed by atoms with Crippen LogP contribution < -0.4 is 10.6 Å². The Hall–Kier alpha value is -5.05. The molecule has 1 aromatic heterocycles. The molecule has 5 rings (SSSR count). The number of rotatable bonds is 8. The SMILES string of the molecule is CC(NC(=O)c1c(Nc2cccc(C(F)(F)F)c2)c2ccccc2n1Cc1ccccc1)c1ccc(C(=O)O)cc1. The molecule has 0 fully saturated rings. The molecule has 1 unspecified atom stereocenters. The predicted octanol–water partition coefficient (Wildman–Crippen LogP) is 7.64. The average molecular weight is 558 g/mol. The van der Waals surface area contributed by atoms with Gasteiger partial charge in [0.1, 0.15) is 5.69 Å². The highest BCUT2D eigenvalue weighted by atomic mass is 19.4. The van der Waals surface area contributed by atoms with Crippen molar-refractivity contribution in [1.29, 1.82) is 0 Å². The molecule has 0 aliphatic carbocycles. The number of anilines is 2. The first-order valence-electron chi connectivity index (χ1n) is 12.9. The maximum Gasteiger partial charge on any atom is 0.416 e. The number of carboxylic acid groups (broad SMARTS) is 1. The Kier molecular flexibility index (Phi) is 7.52. The van der Waals surface area contributed by atoms with Crippen molar-refractivity contribution in [2.75, 3.05) is 5.32 Å². The standard InChI is InChI=1S/C32H26F3N3O3/c1-20(22-14-16-23(17-15-22)31(40)41)36-30(39)29-28(37-25-11-7-10-24(18-25)32(33,34)35)26-12-5-6-13-27(26)38(29)19-21-8-3-2-4-9-21/h2-18,20,37H,19H2,1H3,(H,36,39)(H,40,41). The maximum atomic E-state index is 14.0. The number of nitrogens with one attached hydrogen (secondary N) is 2. The Morgan fingerprint density at radius 3 is 2.24 bits per heavy atom. The fourth-order valence-corrected chi connectivity index (χ4v) is 4.78. The molecule has 0 aliphatic rings. The third-order valence-corrected chi connectivity index (χ3v) is 6.83. The van der Waals surface area contributed by atoms with Crippen LogP contribution in [0.25, 0.3) is 10.9 Å². The Bertz CT molecular complexity index is 1710. The largest absolute Gasteiger partial charge is 0.478 e. The van der Waals surface area contributed by atoms with Gasteiger partial charge in [0.2, 0.25) is 0 Å². The van der Waals surface area contributed by atoms with Crippen LogP contribution in [0.15, 0.2) is 103 Å². The van der Waals surface area contributed by atoms with E-state index in [2.05, 4.69) is 10.6 Å². The van der Waals surface area contributed by atoms with Crippen LogP contribution in [-0.4, -0.2) is 21.6 Å². The maximum absolute atomic E-state index is 14.0. The van der Waals surface area contributed by atoms with Gasteiger partial charge >= 0.3 is 12.1 Å². The summed E-state index contributed by atoms with van der Waals surface area (Å²) in [6, 6.07) is 27.4. The zero-order valence-electron chi connectivity index (χ0n) is 21.9. The molecule has 4 aromatic carbocycles. The van der Waals surface area contributed by atoms with Gasteiger partial charge in [0.25, 0.3) is 5.91 Å². The van der Waals surface area contributed by atoms with E-state index in [0.29, 0.717) is 23.2 Å². The van der Waals surface area contributed by atoms with Gasteiger partial charge in [0.05, 0.1) is 28.4 Å². The normalized spacial score (nSPS) is 12.2. The van der Waals surface area contributed by atoms with E-state index < -0.39 is 29.7 Å². The van der Waals surface area contributed by atoms with Crippen molar-refractivity contribution in [3.63, 3.8) is 0 Å². The minimum atomic E-state index is -4.52. The van der Waals surface area contributed by atoms with Gasteiger partial charge in [-0.05, 0) is 54.4 Å². The number of para-hydroxylation sites is 1. The van der Waals surface area contributed by atoms with Crippen molar-refractivity contribution in [3.8, 4) is 0 Å². The summed E-state index contributed by atoms with van der Waals surface area (Å²) in [4.78, 5) is 25.2. The van der Waals surface area contributed by atoms with Gasteiger partial charge < -0.3 is 20.3 Å². The number of carbonyl (C=O) groups is 2. The fraction of sp³-hybridized carbons (Fsp3) is 0.125. The number of hydrogen-bond donors (Lipinski definition) is 3. The summed E-state index contributed by atoms with van der Waals surface area (Å²) in [5, 5.41) is 16.0. The van der Waals surface area contributed by atoms with E-state index in [0.717, 1.165) is 23.2 Å². The number of fused-ring (bicyclic) bond motifs is 1. The molecule has 3 N–H and O–H groups in total. The van der Waals surface area contributed by atoms with Gasteiger partial charge in [-0.1, -0.05) is 66.7 Å². The first-order chi connectivity index (χ1) is 19.6. The van der Waals surface area contributed by atoms with Crippen LogP contribution in [-0.2, 0) is 12.7 Å². The summed E-state index contributed by atoms with van der Waals surface area (Å²) in [5.41, 5.74) is 2.50. The molecular formula is C32H26F3N3O3. The molecule has 6 nitrogen and oxygen atoms in total.